The van der Waals surface area contributed by atoms with E-state index in [2.05, 4.69) is 68.6 Å². The van der Waals surface area contributed by atoms with Crippen LogP contribution in [0.4, 0.5) is 5.69 Å². The molecule has 2 aromatic carbocycles. The molecule has 2 rings (SSSR count). The highest BCUT2D eigenvalue weighted by molar-refractivity contribution is 7.99. The maximum absolute atomic E-state index is 5.49. The molecule has 20 heavy (non-hydrogen) atoms. The van der Waals surface area contributed by atoms with Crippen molar-refractivity contribution in [3.05, 3.63) is 48.5 Å². The minimum atomic E-state index is 0.0152. The molecule has 0 atom stereocenters. The third-order valence-corrected chi connectivity index (χ3v) is 3.66. The Labute approximate surface area is 125 Å². The van der Waals surface area contributed by atoms with E-state index >= 15 is 0 Å². The first-order valence-corrected chi connectivity index (χ1v) is 7.49. The lowest BCUT2D eigenvalue weighted by atomic mass is 10.1. The van der Waals surface area contributed by atoms with E-state index in [1.54, 1.807) is 18.9 Å². The maximum Gasteiger partial charge on any atom is 0.143 e. The Kier molecular flexibility index (Phi) is 4.61. The molecule has 0 saturated heterocycles. The van der Waals surface area contributed by atoms with Crippen molar-refractivity contribution in [3.8, 4) is 5.75 Å². The lowest BCUT2D eigenvalue weighted by Crippen LogP contribution is -2.26. The van der Waals surface area contributed by atoms with Gasteiger partial charge in [-0.3, -0.25) is 0 Å². The van der Waals surface area contributed by atoms with Crippen LogP contribution >= 0.6 is 11.8 Å². The van der Waals surface area contributed by atoms with E-state index in [0.29, 0.717) is 0 Å². The zero-order chi connectivity index (χ0) is 14.6. The van der Waals surface area contributed by atoms with E-state index in [4.69, 9.17) is 4.74 Å². The fourth-order valence-electron chi connectivity index (χ4n) is 1.87. The number of anilines is 1. The fourth-order valence-corrected chi connectivity index (χ4v) is 2.73. The second kappa shape index (κ2) is 6.23. The molecule has 1 N–H and O–H groups in total. The number of methoxy groups -OCH3 is 1. The van der Waals surface area contributed by atoms with Crippen molar-refractivity contribution in [2.45, 2.75) is 36.1 Å². The normalized spacial score (nSPS) is 11.2. The fraction of sp³-hybridized carbons (Fsp3) is 0.294. The highest BCUT2D eigenvalue weighted by Gasteiger charge is 2.13. The summed E-state index contributed by atoms with van der Waals surface area (Å²) < 4.78 is 5.49. The van der Waals surface area contributed by atoms with Crippen LogP contribution < -0.4 is 10.1 Å². The van der Waals surface area contributed by atoms with Crippen LogP contribution in [0, 0.1) is 0 Å². The molecule has 0 saturated carbocycles. The van der Waals surface area contributed by atoms with Gasteiger partial charge in [-0.25, -0.2) is 0 Å². The molecule has 106 valence electrons. The second-order valence-electron chi connectivity index (χ2n) is 5.65. The molecule has 0 unspecified atom stereocenters. The van der Waals surface area contributed by atoms with Crippen molar-refractivity contribution in [1.29, 1.82) is 0 Å². The van der Waals surface area contributed by atoms with Gasteiger partial charge in [0.1, 0.15) is 5.75 Å². The molecule has 0 bridgehead atoms. The van der Waals surface area contributed by atoms with Crippen LogP contribution in [0.25, 0.3) is 0 Å². The third kappa shape index (κ3) is 4.20. The van der Waals surface area contributed by atoms with Crippen molar-refractivity contribution in [3.63, 3.8) is 0 Å². The van der Waals surface area contributed by atoms with Gasteiger partial charge in [0.05, 0.1) is 12.8 Å². The van der Waals surface area contributed by atoms with Gasteiger partial charge >= 0.3 is 0 Å². The first-order chi connectivity index (χ1) is 9.48. The summed E-state index contributed by atoms with van der Waals surface area (Å²) >= 11 is 1.74. The van der Waals surface area contributed by atoms with Crippen LogP contribution in [0.5, 0.6) is 5.75 Å². The van der Waals surface area contributed by atoms with Gasteiger partial charge < -0.3 is 10.1 Å². The maximum atomic E-state index is 5.49. The predicted octanol–water partition coefficient (Wildman–Crippen LogP) is 5.06. The number of hydrogen-bond donors (Lipinski definition) is 1. The summed E-state index contributed by atoms with van der Waals surface area (Å²) in [7, 11) is 1.71. The van der Waals surface area contributed by atoms with Crippen molar-refractivity contribution in [2.75, 3.05) is 12.4 Å². The minimum absolute atomic E-state index is 0.0152. The molecule has 0 aliphatic rings. The standard InChI is InChI=1S/C17H21NOS/c1-17(2,3)18-15-11-10-14(12-16(15)19-4)20-13-8-6-5-7-9-13/h5-12,18H,1-4H3. The summed E-state index contributed by atoms with van der Waals surface area (Å²) in [6, 6.07) is 16.6. The molecule has 0 heterocycles. The largest absolute Gasteiger partial charge is 0.495 e. The van der Waals surface area contributed by atoms with Crippen LogP contribution in [-0.4, -0.2) is 12.6 Å². The van der Waals surface area contributed by atoms with Gasteiger partial charge in [-0.2, -0.15) is 0 Å². The van der Waals surface area contributed by atoms with E-state index in [9.17, 15) is 0 Å². The molecule has 3 heteroatoms. The van der Waals surface area contributed by atoms with Gasteiger partial charge in [-0.05, 0) is 51.1 Å². The van der Waals surface area contributed by atoms with E-state index in [1.807, 2.05) is 6.07 Å². The highest BCUT2D eigenvalue weighted by Crippen LogP contribution is 2.35. The van der Waals surface area contributed by atoms with Crippen molar-refractivity contribution >= 4 is 17.4 Å². The summed E-state index contributed by atoms with van der Waals surface area (Å²) in [5, 5.41) is 3.46. The van der Waals surface area contributed by atoms with Gasteiger partial charge in [0.2, 0.25) is 0 Å². The van der Waals surface area contributed by atoms with Gasteiger partial charge in [-0.1, -0.05) is 30.0 Å². The van der Waals surface area contributed by atoms with Crippen LogP contribution in [0.1, 0.15) is 20.8 Å². The molecule has 0 aliphatic carbocycles. The number of rotatable bonds is 4. The van der Waals surface area contributed by atoms with Gasteiger partial charge in [-0.15, -0.1) is 0 Å². The molecule has 0 spiro atoms. The Bertz CT molecular complexity index is 561. The van der Waals surface area contributed by atoms with E-state index < -0.39 is 0 Å². The molecule has 2 aromatic rings. The van der Waals surface area contributed by atoms with Crippen molar-refractivity contribution < 1.29 is 4.74 Å². The lowest BCUT2D eigenvalue weighted by Gasteiger charge is -2.24. The van der Waals surface area contributed by atoms with Gasteiger partial charge in [0.15, 0.2) is 0 Å². The molecule has 0 aromatic heterocycles. The summed E-state index contributed by atoms with van der Waals surface area (Å²) in [4.78, 5) is 2.40. The average molecular weight is 287 g/mol. The van der Waals surface area contributed by atoms with Gasteiger partial charge in [0, 0.05) is 15.3 Å². The average Bonchev–Trinajstić information content (AvgIpc) is 2.40. The molecule has 0 radical (unpaired) electrons. The summed E-state index contributed by atoms with van der Waals surface area (Å²) in [6.45, 7) is 6.41. The molecule has 2 nitrogen and oxygen atoms in total. The molecular weight excluding hydrogens is 266 g/mol. The Balaban J connectivity index is 2.21. The Hall–Kier alpha value is -1.61. The lowest BCUT2D eigenvalue weighted by molar-refractivity contribution is 0.414. The smallest absolute Gasteiger partial charge is 0.143 e. The monoisotopic (exact) mass is 287 g/mol. The van der Waals surface area contributed by atoms with E-state index in [-0.39, 0.29) is 5.54 Å². The number of nitrogens with one attached hydrogen (secondary N) is 1. The number of ether oxygens (including phenoxy) is 1. The van der Waals surface area contributed by atoms with E-state index in [1.165, 1.54) is 9.79 Å². The number of benzene rings is 2. The molecular formula is C17H21NOS. The molecule has 0 aliphatic heterocycles. The van der Waals surface area contributed by atoms with Crippen LogP contribution in [0.2, 0.25) is 0 Å². The first-order valence-electron chi connectivity index (χ1n) is 6.67. The topological polar surface area (TPSA) is 21.3 Å². The Morgan fingerprint density at radius 2 is 1.65 bits per heavy atom. The van der Waals surface area contributed by atoms with Crippen LogP contribution in [0.3, 0.4) is 0 Å². The molecule has 0 amide bonds. The van der Waals surface area contributed by atoms with Crippen LogP contribution in [-0.2, 0) is 0 Å². The van der Waals surface area contributed by atoms with Crippen molar-refractivity contribution in [1.82, 2.24) is 0 Å². The quantitative estimate of drug-likeness (QED) is 0.849. The Morgan fingerprint density at radius 3 is 2.25 bits per heavy atom. The zero-order valence-corrected chi connectivity index (χ0v) is 13.3. The number of hydrogen-bond acceptors (Lipinski definition) is 3. The molecule has 0 fully saturated rings. The second-order valence-corrected chi connectivity index (χ2v) is 6.80. The first kappa shape index (κ1) is 14.8. The summed E-state index contributed by atoms with van der Waals surface area (Å²) in [6.07, 6.45) is 0. The predicted molar refractivity (Wildman–Crippen MR) is 86.9 cm³/mol. The Morgan fingerprint density at radius 1 is 0.950 bits per heavy atom. The minimum Gasteiger partial charge on any atom is -0.495 e. The summed E-state index contributed by atoms with van der Waals surface area (Å²) in [5.41, 5.74) is 1.04. The highest BCUT2D eigenvalue weighted by atomic mass is 32.2. The van der Waals surface area contributed by atoms with E-state index in [0.717, 1.165) is 11.4 Å². The van der Waals surface area contributed by atoms with Gasteiger partial charge in [0.25, 0.3) is 0 Å². The SMILES string of the molecule is COc1cc(Sc2ccccc2)ccc1NC(C)(C)C. The zero-order valence-electron chi connectivity index (χ0n) is 12.4. The van der Waals surface area contributed by atoms with Crippen LogP contribution in [0.15, 0.2) is 58.3 Å². The third-order valence-electron chi connectivity index (χ3n) is 2.66. The summed E-state index contributed by atoms with van der Waals surface area (Å²) in [5.74, 6) is 0.876. The van der Waals surface area contributed by atoms with Crippen molar-refractivity contribution in [2.24, 2.45) is 0 Å².